The number of carboxylic acid groups (broad SMARTS) is 1. The standard InChI is InChI=1S/C11H13NO5/c1-5-3-6(8(12)11(16)17-2)9(13)7(4-5)10(14)15/h3-4,8,13H,12H2,1-2H3,(H,14,15)/t8-/m1/s1. The first-order valence-electron chi connectivity index (χ1n) is 4.78. The molecular weight excluding hydrogens is 226 g/mol. The van der Waals surface area contributed by atoms with E-state index in [9.17, 15) is 14.7 Å². The largest absolute Gasteiger partial charge is 0.507 e. The SMILES string of the molecule is COC(=O)[C@H](N)c1cc(C)cc(C(=O)O)c1O. The quantitative estimate of drug-likeness (QED) is 0.665. The molecule has 0 saturated carbocycles. The van der Waals surface area contributed by atoms with E-state index < -0.39 is 23.7 Å². The number of hydrogen-bond donors (Lipinski definition) is 3. The maximum atomic E-state index is 11.3. The van der Waals surface area contributed by atoms with Crippen LogP contribution in [-0.2, 0) is 9.53 Å². The first kappa shape index (κ1) is 13.0. The Bertz CT molecular complexity index is 469. The Hall–Kier alpha value is -2.08. The molecule has 1 aromatic carbocycles. The van der Waals surface area contributed by atoms with Gasteiger partial charge < -0.3 is 20.7 Å². The molecule has 0 saturated heterocycles. The molecule has 6 nitrogen and oxygen atoms in total. The van der Waals surface area contributed by atoms with Crippen LogP contribution >= 0.6 is 0 Å². The fraction of sp³-hybridized carbons (Fsp3) is 0.273. The zero-order chi connectivity index (χ0) is 13.2. The van der Waals surface area contributed by atoms with E-state index in [0.717, 1.165) is 7.11 Å². The van der Waals surface area contributed by atoms with E-state index in [-0.39, 0.29) is 11.1 Å². The lowest BCUT2D eigenvalue weighted by Crippen LogP contribution is -2.23. The van der Waals surface area contributed by atoms with Gasteiger partial charge in [0.05, 0.1) is 7.11 Å². The highest BCUT2D eigenvalue weighted by Crippen LogP contribution is 2.29. The fourth-order valence-electron chi connectivity index (χ4n) is 1.46. The van der Waals surface area contributed by atoms with Crippen molar-refractivity contribution in [3.05, 3.63) is 28.8 Å². The Morgan fingerprint density at radius 3 is 2.47 bits per heavy atom. The summed E-state index contributed by atoms with van der Waals surface area (Å²) in [5.41, 5.74) is 5.88. The minimum Gasteiger partial charge on any atom is -0.507 e. The van der Waals surface area contributed by atoms with Gasteiger partial charge in [-0.05, 0) is 18.6 Å². The van der Waals surface area contributed by atoms with Crippen LogP contribution in [0.3, 0.4) is 0 Å². The number of hydrogen-bond acceptors (Lipinski definition) is 5. The molecule has 0 aliphatic carbocycles. The molecule has 0 amide bonds. The Labute approximate surface area is 97.6 Å². The van der Waals surface area contributed by atoms with Gasteiger partial charge in [-0.25, -0.2) is 4.79 Å². The third-order valence-corrected chi connectivity index (χ3v) is 2.30. The molecule has 0 radical (unpaired) electrons. The maximum Gasteiger partial charge on any atom is 0.339 e. The first-order chi connectivity index (χ1) is 7.88. The van der Waals surface area contributed by atoms with Crippen molar-refractivity contribution in [1.82, 2.24) is 0 Å². The lowest BCUT2D eigenvalue weighted by atomic mass is 9.99. The zero-order valence-corrected chi connectivity index (χ0v) is 9.43. The predicted octanol–water partition coefficient (Wildman–Crippen LogP) is 0.572. The van der Waals surface area contributed by atoms with Crippen molar-refractivity contribution in [2.24, 2.45) is 5.73 Å². The summed E-state index contributed by atoms with van der Waals surface area (Å²) in [6.45, 7) is 1.64. The van der Waals surface area contributed by atoms with Crippen LogP contribution < -0.4 is 5.73 Å². The van der Waals surface area contributed by atoms with E-state index in [1.165, 1.54) is 12.1 Å². The molecule has 0 aliphatic heterocycles. The number of aromatic hydroxyl groups is 1. The summed E-state index contributed by atoms with van der Waals surface area (Å²) in [5, 5.41) is 18.6. The van der Waals surface area contributed by atoms with Crippen molar-refractivity contribution in [2.45, 2.75) is 13.0 Å². The van der Waals surface area contributed by atoms with Crippen LogP contribution in [0.4, 0.5) is 0 Å². The molecule has 1 aromatic rings. The molecule has 1 atom stereocenters. The molecule has 0 unspecified atom stereocenters. The second-order valence-corrected chi connectivity index (χ2v) is 3.56. The smallest absolute Gasteiger partial charge is 0.339 e. The van der Waals surface area contributed by atoms with Gasteiger partial charge in [0, 0.05) is 5.56 Å². The minimum atomic E-state index is -1.29. The van der Waals surface area contributed by atoms with Crippen LogP contribution in [-0.4, -0.2) is 29.3 Å². The monoisotopic (exact) mass is 239 g/mol. The molecule has 0 fully saturated rings. The number of esters is 1. The van der Waals surface area contributed by atoms with Gasteiger partial charge in [-0.1, -0.05) is 6.07 Å². The average molecular weight is 239 g/mol. The molecule has 0 aliphatic rings. The number of ether oxygens (including phenoxy) is 1. The molecule has 0 heterocycles. The van der Waals surface area contributed by atoms with Gasteiger partial charge in [0.2, 0.25) is 0 Å². The summed E-state index contributed by atoms with van der Waals surface area (Å²) >= 11 is 0. The Kier molecular flexibility index (Phi) is 3.69. The van der Waals surface area contributed by atoms with Crippen LogP contribution in [0.25, 0.3) is 0 Å². The number of nitrogens with two attached hydrogens (primary N) is 1. The van der Waals surface area contributed by atoms with Crippen molar-refractivity contribution in [3.63, 3.8) is 0 Å². The van der Waals surface area contributed by atoms with E-state index >= 15 is 0 Å². The third kappa shape index (κ3) is 2.54. The fourth-order valence-corrected chi connectivity index (χ4v) is 1.46. The summed E-state index contributed by atoms with van der Waals surface area (Å²) < 4.78 is 4.44. The minimum absolute atomic E-state index is 0.0363. The predicted molar refractivity (Wildman–Crippen MR) is 58.7 cm³/mol. The molecule has 0 bridgehead atoms. The van der Waals surface area contributed by atoms with E-state index in [1.807, 2.05) is 0 Å². The molecular formula is C11H13NO5. The van der Waals surface area contributed by atoms with Crippen LogP contribution in [0.2, 0.25) is 0 Å². The third-order valence-electron chi connectivity index (χ3n) is 2.30. The summed E-state index contributed by atoms with van der Waals surface area (Å²) in [5.74, 6) is -2.55. The van der Waals surface area contributed by atoms with Gasteiger partial charge in [-0.2, -0.15) is 0 Å². The van der Waals surface area contributed by atoms with Gasteiger partial charge in [-0.3, -0.25) is 4.79 Å². The van der Waals surface area contributed by atoms with E-state index in [0.29, 0.717) is 5.56 Å². The number of carbonyl (C=O) groups is 2. The van der Waals surface area contributed by atoms with Crippen molar-refractivity contribution in [1.29, 1.82) is 0 Å². The molecule has 92 valence electrons. The topological polar surface area (TPSA) is 110 Å². The van der Waals surface area contributed by atoms with Crippen LogP contribution in [0, 0.1) is 6.92 Å². The molecule has 6 heteroatoms. The number of carbonyl (C=O) groups excluding carboxylic acids is 1. The van der Waals surface area contributed by atoms with Crippen LogP contribution in [0.15, 0.2) is 12.1 Å². The van der Waals surface area contributed by atoms with E-state index in [4.69, 9.17) is 10.8 Å². The van der Waals surface area contributed by atoms with Crippen molar-refractivity contribution < 1.29 is 24.5 Å². The number of methoxy groups -OCH3 is 1. The Morgan fingerprint density at radius 1 is 1.41 bits per heavy atom. The summed E-state index contributed by atoms with van der Waals surface area (Å²) in [6, 6.07) is 1.53. The van der Waals surface area contributed by atoms with Crippen LogP contribution in [0.1, 0.15) is 27.5 Å². The summed E-state index contributed by atoms with van der Waals surface area (Å²) in [4.78, 5) is 22.1. The number of rotatable bonds is 3. The number of aromatic carboxylic acids is 1. The molecule has 1 rings (SSSR count). The van der Waals surface area contributed by atoms with Gasteiger partial charge >= 0.3 is 11.9 Å². The highest BCUT2D eigenvalue weighted by atomic mass is 16.5. The second kappa shape index (κ2) is 4.84. The molecule has 0 aromatic heterocycles. The average Bonchev–Trinajstić information content (AvgIpc) is 2.29. The van der Waals surface area contributed by atoms with Crippen molar-refractivity contribution in [2.75, 3.05) is 7.11 Å². The second-order valence-electron chi connectivity index (χ2n) is 3.56. The van der Waals surface area contributed by atoms with Crippen molar-refractivity contribution in [3.8, 4) is 5.75 Å². The first-order valence-corrected chi connectivity index (χ1v) is 4.78. The van der Waals surface area contributed by atoms with Crippen molar-refractivity contribution >= 4 is 11.9 Å². The summed E-state index contributed by atoms with van der Waals surface area (Å²) in [6.07, 6.45) is 0. The number of phenols is 1. The van der Waals surface area contributed by atoms with Gasteiger partial charge in [0.25, 0.3) is 0 Å². The molecule has 4 N–H and O–H groups in total. The van der Waals surface area contributed by atoms with E-state index in [1.54, 1.807) is 6.92 Å². The Morgan fingerprint density at radius 2 is 2.00 bits per heavy atom. The lowest BCUT2D eigenvalue weighted by molar-refractivity contribution is -0.142. The summed E-state index contributed by atoms with van der Waals surface area (Å²) in [7, 11) is 1.16. The maximum absolute atomic E-state index is 11.3. The number of carboxylic acids is 1. The van der Waals surface area contributed by atoms with E-state index in [2.05, 4.69) is 4.74 Å². The number of aryl methyl sites for hydroxylation is 1. The Balaban J connectivity index is 3.34. The van der Waals surface area contributed by atoms with Gasteiger partial charge in [0.15, 0.2) is 0 Å². The van der Waals surface area contributed by atoms with Gasteiger partial charge in [-0.15, -0.1) is 0 Å². The normalized spacial score (nSPS) is 11.9. The molecule has 0 spiro atoms. The molecule has 17 heavy (non-hydrogen) atoms. The zero-order valence-electron chi connectivity index (χ0n) is 9.43. The highest BCUT2D eigenvalue weighted by molar-refractivity contribution is 5.92. The lowest BCUT2D eigenvalue weighted by Gasteiger charge is -2.13. The highest BCUT2D eigenvalue weighted by Gasteiger charge is 2.23. The van der Waals surface area contributed by atoms with Gasteiger partial charge in [0.1, 0.15) is 17.4 Å². The number of benzene rings is 1. The van der Waals surface area contributed by atoms with Crippen LogP contribution in [0.5, 0.6) is 5.75 Å².